The Morgan fingerprint density at radius 1 is 1.38 bits per heavy atom. The smallest absolute Gasteiger partial charge is 0.277 e. The summed E-state index contributed by atoms with van der Waals surface area (Å²) in [4.78, 5) is 17.8. The fraction of sp³-hybridized carbons (Fsp3) is 0.125. The molecule has 1 aromatic heterocycles. The third kappa shape index (κ3) is 3.44. The van der Waals surface area contributed by atoms with E-state index < -0.39 is 11.7 Å². The summed E-state index contributed by atoms with van der Waals surface area (Å²) in [6.07, 6.45) is 1.48. The second-order valence-corrected chi connectivity index (χ2v) is 4.20. The van der Waals surface area contributed by atoms with Crippen molar-refractivity contribution in [1.82, 2.24) is 4.98 Å². The van der Waals surface area contributed by atoms with Gasteiger partial charge in [0.25, 0.3) is 5.91 Å². The number of carbonyl (C=O) groups excluding carboxylic acids is 1. The number of aromatic nitrogens is 1. The molecular formula is C16H13FN2O2. The number of halogens is 1. The van der Waals surface area contributed by atoms with E-state index in [2.05, 4.69) is 16.8 Å². The highest BCUT2D eigenvalue weighted by Gasteiger charge is 2.18. The summed E-state index contributed by atoms with van der Waals surface area (Å²) in [6, 6.07) is 9.02. The van der Waals surface area contributed by atoms with Gasteiger partial charge in [0, 0.05) is 18.9 Å². The van der Waals surface area contributed by atoms with Gasteiger partial charge in [0.15, 0.2) is 0 Å². The van der Waals surface area contributed by atoms with Gasteiger partial charge in [-0.25, -0.2) is 9.37 Å². The van der Waals surface area contributed by atoms with Gasteiger partial charge in [-0.3, -0.25) is 4.79 Å². The van der Waals surface area contributed by atoms with Crippen LogP contribution >= 0.6 is 0 Å². The van der Waals surface area contributed by atoms with Gasteiger partial charge in [0.2, 0.25) is 0 Å². The van der Waals surface area contributed by atoms with Crippen LogP contribution in [0.2, 0.25) is 0 Å². The highest BCUT2D eigenvalue weighted by atomic mass is 19.1. The number of nitrogens with zero attached hydrogens (tertiary/aromatic N) is 2. The molecule has 2 aromatic rings. The summed E-state index contributed by atoms with van der Waals surface area (Å²) in [6.45, 7) is -0.303. The zero-order valence-electron chi connectivity index (χ0n) is 11.4. The highest BCUT2D eigenvalue weighted by molar-refractivity contribution is 6.05. The Labute approximate surface area is 121 Å². The number of hydrogen-bond acceptors (Lipinski definition) is 3. The minimum atomic E-state index is -0.423. The van der Waals surface area contributed by atoms with Gasteiger partial charge in [-0.2, -0.15) is 0 Å². The Hall–Kier alpha value is -2.71. The van der Waals surface area contributed by atoms with Crippen LogP contribution in [0.4, 0.5) is 10.1 Å². The van der Waals surface area contributed by atoms with Crippen molar-refractivity contribution in [3.63, 3.8) is 0 Å². The molecule has 0 aliphatic rings. The minimum absolute atomic E-state index is 0.158. The second kappa shape index (κ2) is 6.64. The number of amides is 1. The van der Waals surface area contributed by atoms with Crippen molar-refractivity contribution >= 4 is 11.6 Å². The van der Waals surface area contributed by atoms with Crippen molar-refractivity contribution in [1.29, 1.82) is 0 Å². The monoisotopic (exact) mass is 284 g/mol. The van der Waals surface area contributed by atoms with E-state index in [9.17, 15) is 9.18 Å². The van der Waals surface area contributed by atoms with Crippen LogP contribution in [0.5, 0.6) is 0 Å². The molecule has 1 heterocycles. The highest BCUT2D eigenvalue weighted by Crippen LogP contribution is 2.17. The summed E-state index contributed by atoms with van der Waals surface area (Å²) in [5.74, 6) is 4.34. The minimum Gasteiger partial charge on any atom is -0.384 e. The van der Waals surface area contributed by atoms with Gasteiger partial charge >= 0.3 is 0 Å². The standard InChI is InChI=1S/C16H13FN2O2/c1-19(14-8-2-7-13(17)11-14)16(21)15-12(6-4-10-20)5-3-9-18-15/h2-3,5,7-9,11,20H,10H2,1H3. The molecule has 5 heteroatoms. The molecule has 0 unspecified atom stereocenters. The van der Waals surface area contributed by atoms with Crippen LogP contribution in [0.15, 0.2) is 42.6 Å². The predicted octanol–water partition coefficient (Wildman–Crippen LogP) is 1.84. The zero-order valence-corrected chi connectivity index (χ0v) is 11.4. The molecule has 106 valence electrons. The van der Waals surface area contributed by atoms with E-state index in [-0.39, 0.29) is 12.3 Å². The van der Waals surface area contributed by atoms with Crippen LogP contribution in [0.3, 0.4) is 0 Å². The Bertz CT molecular complexity index is 719. The summed E-state index contributed by atoms with van der Waals surface area (Å²) in [7, 11) is 1.54. The van der Waals surface area contributed by atoms with Crippen molar-refractivity contribution in [2.45, 2.75) is 0 Å². The average Bonchev–Trinajstić information content (AvgIpc) is 2.51. The molecule has 2 rings (SSSR count). The van der Waals surface area contributed by atoms with Gasteiger partial charge in [-0.15, -0.1) is 0 Å². The fourth-order valence-electron chi connectivity index (χ4n) is 1.77. The molecule has 0 atom stereocenters. The molecule has 1 N–H and O–H groups in total. The van der Waals surface area contributed by atoms with Crippen molar-refractivity contribution in [3.8, 4) is 11.8 Å². The van der Waals surface area contributed by atoms with E-state index in [1.807, 2.05) is 0 Å². The molecule has 21 heavy (non-hydrogen) atoms. The Kier molecular flexibility index (Phi) is 4.64. The molecule has 0 saturated carbocycles. The lowest BCUT2D eigenvalue weighted by Gasteiger charge is -2.17. The third-order valence-electron chi connectivity index (χ3n) is 2.81. The van der Waals surface area contributed by atoms with Crippen LogP contribution in [-0.4, -0.2) is 29.7 Å². The van der Waals surface area contributed by atoms with Crippen molar-refractivity contribution in [3.05, 3.63) is 59.7 Å². The van der Waals surface area contributed by atoms with Crippen LogP contribution in [0.25, 0.3) is 0 Å². The Balaban J connectivity index is 2.36. The van der Waals surface area contributed by atoms with Crippen LogP contribution < -0.4 is 4.90 Å². The SMILES string of the molecule is CN(C(=O)c1ncccc1C#CCO)c1cccc(F)c1. The van der Waals surface area contributed by atoms with E-state index in [1.54, 1.807) is 18.2 Å². The maximum absolute atomic E-state index is 13.2. The molecule has 4 nitrogen and oxygen atoms in total. The van der Waals surface area contributed by atoms with Gasteiger partial charge in [-0.05, 0) is 30.3 Å². The Morgan fingerprint density at radius 3 is 2.90 bits per heavy atom. The summed E-state index contributed by atoms with van der Waals surface area (Å²) in [5, 5.41) is 8.74. The molecular weight excluding hydrogens is 271 g/mol. The molecule has 0 saturated heterocycles. The van der Waals surface area contributed by atoms with Gasteiger partial charge in [0.05, 0.1) is 5.56 Å². The molecule has 0 radical (unpaired) electrons. The maximum atomic E-state index is 13.2. The first-order valence-electron chi connectivity index (χ1n) is 6.22. The van der Waals surface area contributed by atoms with E-state index >= 15 is 0 Å². The van der Waals surface area contributed by atoms with Gasteiger partial charge in [0.1, 0.15) is 18.1 Å². The topological polar surface area (TPSA) is 53.4 Å². The molecule has 1 amide bonds. The number of rotatable bonds is 2. The fourth-order valence-corrected chi connectivity index (χ4v) is 1.77. The van der Waals surface area contributed by atoms with Crippen LogP contribution in [0, 0.1) is 17.7 Å². The van der Waals surface area contributed by atoms with Gasteiger partial charge in [-0.1, -0.05) is 17.9 Å². The molecule has 0 bridgehead atoms. The number of pyridine rings is 1. The first-order valence-corrected chi connectivity index (χ1v) is 6.22. The lowest BCUT2D eigenvalue weighted by molar-refractivity contribution is 0.0988. The molecule has 0 aliphatic heterocycles. The number of anilines is 1. The summed E-state index contributed by atoms with van der Waals surface area (Å²) in [5.41, 5.74) is 0.997. The predicted molar refractivity (Wildman–Crippen MR) is 77.3 cm³/mol. The molecule has 0 aliphatic carbocycles. The average molecular weight is 284 g/mol. The van der Waals surface area contributed by atoms with E-state index in [1.165, 1.54) is 36.3 Å². The van der Waals surface area contributed by atoms with E-state index in [4.69, 9.17) is 5.11 Å². The molecule has 0 fully saturated rings. The van der Waals surface area contributed by atoms with Crippen molar-refractivity contribution < 1.29 is 14.3 Å². The summed E-state index contributed by atoms with van der Waals surface area (Å²) < 4.78 is 13.2. The number of aliphatic hydroxyl groups excluding tert-OH is 1. The largest absolute Gasteiger partial charge is 0.384 e. The van der Waals surface area contributed by atoms with Crippen molar-refractivity contribution in [2.24, 2.45) is 0 Å². The first-order chi connectivity index (χ1) is 10.1. The van der Waals surface area contributed by atoms with E-state index in [0.29, 0.717) is 11.3 Å². The number of aliphatic hydroxyl groups is 1. The van der Waals surface area contributed by atoms with E-state index in [0.717, 1.165) is 0 Å². The number of hydrogen-bond donors (Lipinski definition) is 1. The van der Waals surface area contributed by atoms with Crippen LogP contribution in [-0.2, 0) is 0 Å². The quantitative estimate of drug-likeness (QED) is 0.856. The third-order valence-corrected chi connectivity index (χ3v) is 2.81. The second-order valence-electron chi connectivity index (χ2n) is 4.20. The Morgan fingerprint density at radius 2 is 2.19 bits per heavy atom. The van der Waals surface area contributed by atoms with Gasteiger partial charge < -0.3 is 10.0 Å². The summed E-state index contributed by atoms with van der Waals surface area (Å²) >= 11 is 0. The molecule has 0 spiro atoms. The maximum Gasteiger partial charge on any atom is 0.277 e. The molecule has 1 aromatic carbocycles. The lowest BCUT2D eigenvalue weighted by atomic mass is 10.1. The lowest BCUT2D eigenvalue weighted by Crippen LogP contribution is -2.28. The first kappa shape index (κ1) is 14.7. The van der Waals surface area contributed by atoms with Crippen molar-refractivity contribution in [2.75, 3.05) is 18.6 Å². The number of carbonyl (C=O) groups is 1. The zero-order chi connectivity index (χ0) is 15.2. The normalized spacial score (nSPS) is 9.67. The number of benzene rings is 1. The van der Waals surface area contributed by atoms with Crippen LogP contribution in [0.1, 0.15) is 16.1 Å².